The van der Waals surface area contributed by atoms with Gasteiger partial charge in [-0.3, -0.25) is 10.3 Å². The van der Waals surface area contributed by atoms with E-state index in [1.54, 1.807) is 12.1 Å². The van der Waals surface area contributed by atoms with Gasteiger partial charge in [0.25, 0.3) is 0 Å². The Balaban J connectivity index is 2.53. The van der Waals surface area contributed by atoms with Crippen molar-refractivity contribution >= 4 is 35.0 Å². The molecule has 18 heavy (non-hydrogen) atoms. The second kappa shape index (κ2) is 5.20. The molecule has 1 amide bonds. The molecule has 0 aliphatic carbocycles. The van der Waals surface area contributed by atoms with Crippen LogP contribution >= 0.6 is 23.2 Å². The van der Waals surface area contributed by atoms with Crippen LogP contribution in [0.15, 0.2) is 30.6 Å². The third-order valence-electron chi connectivity index (χ3n) is 2.17. The summed E-state index contributed by atoms with van der Waals surface area (Å²) < 4.78 is 0. The first kappa shape index (κ1) is 12.6. The molecule has 2 N–H and O–H groups in total. The average Bonchev–Trinajstić information content (AvgIpc) is 2.30. The molecule has 0 aliphatic heterocycles. The van der Waals surface area contributed by atoms with E-state index in [4.69, 9.17) is 28.3 Å². The van der Waals surface area contributed by atoms with Crippen LogP contribution in [-0.4, -0.2) is 21.2 Å². The highest BCUT2D eigenvalue weighted by Crippen LogP contribution is 2.32. The molecule has 7 heteroatoms. The molecule has 0 spiro atoms. The summed E-state index contributed by atoms with van der Waals surface area (Å²) in [5, 5.41) is 11.5. The maximum atomic E-state index is 10.7. The zero-order chi connectivity index (χ0) is 13.1. The summed E-state index contributed by atoms with van der Waals surface area (Å²) in [6, 6.07) is 4.76. The first-order chi connectivity index (χ1) is 8.58. The first-order valence-corrected chi connectivity index (χ1v) is 5.60. The largest absolute Gasteiger partial charge is 0.465 e. The molecule has 2 aromatic heterocycles. The Morgan fingerprint density at radius 3 is 2.67 bits per heavy atom. The van der Waals surface area contributed by atoms with Crippen LogP contribution in [0.25, 0.3) is 11.1 Å². The molecule has 0 aliphatic rings. The van der Waals surface area contributed by atoms with Crippen molar-refractivity contribution in [3.63, 3.8) is 0 Å². The molecule has 2 rings (SSSR count). The van der Waals surface area contributed by atoms with E-state index in [1.807, 2.05) is 0 Å². The standard InChI is InChI=1S/C11H7Cl2N3O2/c12-9-2-1-6(10(13)16-9)7-5-14-4-3-8(7)15-11(17)18/h1-5H,(H,14,15)(H,17,18). The normalized spacial score (nSPS) is 10.1. The van der Waals surface area contributed by atoms with E-state index in [1.165, 1.54) is 18.5 Å². The van der Waals surface area contributed by atoms with Gasteiger partial charge in [0.1, 0.15) is 10.3 Å². The quantitative estimate of drug-likeness (QED) is 0.827. The van der Waals surface area contributed by atoms with E-state index in [2.05, 4.69) is 15.3 Å². The van der Waals surface area contributed by atoms with Gasteiger partial charge < -0.3 is 5.11 Å². The second-order valence-electron chi connectivity index (χ2n) is 3.32. The predicted octanol–water partition coefficient (Wildman–Crippen LogP) is 3.54. The number of nitrogens with one attached hydrogen (secondary N) is 1. The summed E-state index contributed by atoms with van der Waals surface area (Å²) in [5.74, 6) is 0. The Hall–Kier alpha value is -1.85. The summed E-state index contributed by atoms with van der Waals surface area (Å²) in [4.78, 5) is 18.5. The highest BCUT2D eigenvalue weighted by Gasteiger charge is 2.11. The minimum absolute atomic E-state index is 0.184. The number of amides is 1. The number of anilines is 1. The number of rotatable bonds is 2. The van der Waals surface area contributed by atoms with Crippen molar-refractivity contribution in [2.75, 3.05) is 5.32 Å². The summed E-state index contributed by atoms with van der Waals surface area (Å²) >= 11 is 11.7. The van der Waals surface area contributed by atoms with Crippen molar-refractivity contribution < 1.29 is 9.90 Å². The Kier molecular flexibility index (Phi) is 3.64. The van der Waals surface area contributed by atoms with Gasteiger partial charge in [-0.1, -0.05) is 23.2 Å². The monoisotopic (exact) mass is 283 g/mol. The molecule has 2 aromatic rings. The lowest BCUT2D eigenvalue weighted by molar-refractivity contribution is 0.210. The van der Waals surface area contributed by atoms with Gasteiger partial charge in [0.15, 0.2) is 0 Å². The van der Waals surface area contributed by atoms with Crippen LogP contribution in [0, 0.1) is 0 Å². The van der Waals surface area contributed by atoms with Gasteiger partial charge >= 0.3 is 6.09 Å². The van der Waals surface area contributed by atoms with Crippen LogP contribution < -0.4 is 5.32 Å². The highest BCUT2D eigenvalue weighted by atomic mass is 35.5. The van der Waals surface area contributed by atoms with Crippen LogP contribution in [0.4, 0.5) is 10.5 Å². The van der Waals surface area contributed by atoms with Gasteiger partial charge in [-0.05, 0) is 18.2 Å². The molecule has 2 heterocycles. The van der Waals surface area contributed by atoms with Crippen molar-refractivity contribution in [3.8, 4) is 11.1 Å². The second-order valence-corrected chi connectivity index (χ2v) is 4.07. The van der Waals surface area contributed by atoms with Gasteiger partial charge in [0, 0.05) is 23.5 Å². The van der Waals surface area contributed by atoms with Crippen LogP contribution in [0.1, 0.15) is 0 Å². The number of aromatic nitrogens is 2. The van der Waals surface area contributed by atoms with Crippen LogP contribution in [0.2, 0.25) is 10.3 Å². The fraction of sp³-hybridized carbons (Fsp3) is 0. The summed E-state index contributed by atoms with van der Waals surface area (Å²) in [7, 11) is 0. The molecule has 0 saturated carbocycles. The van der Waals surface area contributed by atoms with Crippen molar-refractivity contribution in [3.05, 3.63) is 40.9 Å². The SMILES string of the molecule is O=C(O)Nc1ccncc1-c1ccc(Cl)nc1Cl. The van der Waals surface area contributed by atoms with E-state index < -0.39 is 6.09 Å². The molecular formula is C11H7Cl2N3O2. The Morgan fingerprint density at radius 1 is 1.22 bits per heavy atom. The minimum Gasteiger partial charge on any atom is -0.465 e. The lowest BCUT2D eigenvalue weighted by Gasteiger charge is -2.09. The number of carbonyl (C=O) groups is 1. The first-order valence-electron chi connectivity index (χ1n) is 4.84. The van der Waals surface area contributed by atoms with Gasteiger partial charge in [-0.15, -0.1) is 0 Å². The number of halogens is 2. The fourth-order valence-electron chi connectivity index (χ4n) is 1.45. The van der Waals surface area contributed by atoms with Gasteiger partial charge in [0.05, 0.1) is 5.69 Å². The van der Waals surface area contributed by atoms with Crippen molar-refractivity contribution in [2.24, 2.45) is 0 Å². The topological polar surface area (TPSA) is 75.1 Å². The fourth-order valence-corrected chi connectivity index (χ4v) is 1.89. The average molecular weight is 284 g/mol. The number of hydrogen-bond acceptors (Lipinski definition) is 3. The Bertz CT molecular complexity index is 605. The van der Waals surface area contributed by atoms with Crippen LogP contribution in [-0.2, 0) is 0 Å². The third kappa shape index (κ3) is 2.69. The molecular weight excluding hydrogens is 277 g/mol. The maximum Gasteiger partial charge on any atom is 0.409 e. The molecule has 0 radical (unpaired) electrons. The summed E-state index contributed by atoms with van der Waals surface area (Å²) in [6.45, 7) is 0. The van der Waals surface area contributed by atoms with E-state index in [0.717, 1.165) is 0 Å². The van der Waals surface area contributed by atoms with Gasteiger partial charge in [-0.2, -0.15) is 0 Å². The molecule has 0 atom stereocenters. The molecule has 5 nitrogen and oxygen atoms in total. The van der Waals surface area contributed by atoms with E-state index in [9.17, 15) is 4.79 Å². The Labute approximate surface area is 112 Å². The van der Waals surface area contributed by atoms with Crippen molar-refractivity contribution in [1.82, 2.24) is 9.97 Å². The summed E-state index contributed by atoms with van der Waals surface area (Å²) in [5.41, 5.74) is 1.47. The smallest absolute Gasteiger partial charge is 0.409 e. The molecule has 0 fully saturated rings. The molecule has 0 aromatic carbocycles. The van der Waals surface area contributed by atoms with Crippen molar-refractivity contribution in [1.29, 1.82) is 0 Å². The van der Waals surface area contributed by atoms with E-state index >= 15 is 0 Å². The zero-order valence-electron chi connectivity index (χ0n) is 8.89. The predicted molar refractivity (Wildman–Crippen MR) is 69.1 cm³/mol. The zero-order valence-corrected chi connectivity index (χ0v) is 10.4. The lowest BCUT2D eigenvalue weighted by atomic mass is 10.1. The lowest BCUT2D eigenvalue weighted by Crippen LogP contribution is -2.08. The molecule has 0 saturated heterocycles. The van der Waals surface area contributed by atoms with Crippen LogP contribution in [0.3, 0.4) is 0 Å². The number of carboxylic acid groups (broad SMARTS) is 1. The van der Waals surface area contributed by atoms with Crippen molar-refractivity contribution in [2.45, 2.75) is 0 Å². The number of hydrogen-bond donors (Lipinski definition) is 2. The van der Waals surface area contributed by atoms with Crippen LogP contribution in [0.5, 0.6) is 0 Å². The third-order valence-corrected chi connectivity index (χ3v) is 2.67. The van der Waals surface area contributed by atoms with Gasteiger partial charge in [-0.25, -0.2) is 9.78 Å². The van der Waals surface area contributed by atoms with E-state index in [0.29, 0.717) is 16.8 Å². The maximum absolute atomic E-state index is 10.7. The summed E-state index contributed by atoms with van der Waals surface area (Å²) in [6.07, 6.45) is 1.81. The Morgan fingerprint density at radius 2 is 2.00 bits per heavy atom. The minimum atomic E-state index is -1.17. The number of nitrogens with zero attached hydrogens (tertiary/aromatic N) is 2. The number of pyridine rings is 2. The van der Waals surface area contributed by atoms with E-state index in [-0.39, 0.29) is 10.3 Å². The molecule has 92 valence electrons. The molecule has 0 unspecified atom stereocenters. The molecule has 0 bridgehead atoms. The van der Waals surface area contributed by atoms with Gasteiger partial charge in [0.2, 0.25) is 0 Å². The highest BCUT2D eigenvalue weighted by molar-refractivity contribution is 6.34.